The molecule has 0 amide bonds. The van der Waals surface area contributed by atoms with E-state index in [1.54, 1.807) is 0 Å². The molecule has 2 fully saturated rings. The average Bonchev–Trinajstić information content (AvgIpc) is 3.11. The molecule has 3 heteroatoms. The number of esters is 1. The number of methoxy groups -OCH3 is 1. The van der Waals surface area contributed by atoms with Gasteiger partial charge in [0.05, 0.1) is 7.11 Å². The van der Waals surface area contributed by atoms with Gasteiger partial charge in [-0.05, 0) is 37.2 Å². The van der Waals surface area contributed by atoms with Crippen LogP contribution in [-0.4, -0.2) is 30.1 Å². The number of fused-ring (bicyclic) bond motifs is 2. The molecule has 1 aliphatic carbocycles. The summed E-state index contributed by atoms with van der Waals surface area (Å²) in [6, 6.07) is 11.0. The maximum absolute atomic E-state index is 12.3. The molecule has 5 atom stereocenters. The highest BCUT2D eigenvalue weighted by Crippen LogP contribution is 2.50. The van der Waals surface area contributed by atoms with E-state index in [2.05, 4.69) is 42.7 Å². The van der Waals surface area contributed by atoms with Crippen LogP contribution in [0.2, 0.25) is 0 Å². The summed E-state index contributed by atoms with van der Waals surface area (Å²) < 4.78 is 5.08. The molecule has 3 rings (SSSR count). The van der Waals surface area contributed by atoms with Crippen LogP contribution in [0.1, 0.15) is 31.4 Å². The lowest BCUT2D eigenvalue weighted by Crippen LogP contribution is -2.49. The first-order valence-corrected chi connectivity index (χ1v) is 7.70. The predicted molar refractivity (Wildman–Crippen MR) is 82.7 cm³/mol. The number of rotatable bonds is 4. The Morgan fingerprint density at radius 2 is 2.10 bits per heavy atom. The monoisotopic (exact) mass is 285 g/mol. The van der Waals surface area contributed by atoms with Crippen molar-refractivity contribution < 1.29 is 9.53 Å². The van der Waals surface area contributed by atoms with Gasteiger partial charge in [-0.25, -0.2) is 0 Å². The van der Waals surface area contributed by atoms with Crippen molar-refractivity contribution in [3.8, 4) is 0 Å². The third-order valence-electron chi connectivity index (χ3n) is 5.26. The molecule has 21 heavy (non-hydrogen) atoms. The first-order chi connectivity index (χ1) is 10.2. The second-order valence-corrected chi connectivity index (χ2v) is 6.19. The number of allylic oxidation sites excluding steroid dienone is 1. The molecule has 1 saturated carbocycles. The van der Waals surface area contributed by atoms with Crippen molar-refractivity contribution >= 4 is 5.97 Å². The summed E-state index contributed by atoms with van der Waals surface area (Å²) in [5.74, 6) is 0.696. The molecular weight excluding hydrogens is 262 g/mol. The van der Waals surface area contributed by atoms with Crippen LogP contribution in [0.3, 0.4) is 0 Å². The lowest BCUT2D eigenvalue weighted by Gasteiger charge is -2.40. The van der Waals surface area contributed by atoms with Crippen molar-refractivity contribution in [2.45, 2.75) is 37.9 Å². The van der Waals surface area contributed by atoms with E-state index in [4.69, 9.17) is 4.74 Å². The van der Waals surface area contributed by atoms with E-state index >= 15 is 0 Å². The lowest BCUT2D eigenvalue weighted by molar-refractivity contribution is -0.150. The van der Waals surface area contributed by atoms with E-state index in [0.717, 1.165) is 12.8 Å². The number of carbonyl (C=O) groups excluding carboxylic acids is 1. The van der Waals surface area contributed by atoms with Gasteiger partial charge < -0.3 is 4.74 Å². The largest absolute Gasteiger partial charge is 0.468 e. The minimum atomic E-state index is -0.132. The van der Waals surface area contributed by atoms with E-state index in [1.165, 1.54) is 12.7 Å². The molecular formula is C18H23NO2. The van der Waals surface area contributed by atoms with Gasteiger partial charge in [-0.2, -0.15) is 0 Å². The zero-order valence-corrected chi connectivity index (χ0v) is 12.7. The molecule has 0 aromatic heterocycles. The van der Waals surface area contributed by atoms with E-state index in [1.807, 2.05) is 12.1 Å². The summed E-state index contributed by atoms with van der Waals surface area (Å²) in [4.78, 5) is 14.7. The summed E-state index contributed by atoms with van der Waals surface area (Å²) in [7, 11) is 1.49. The number of likely N-dealkylation sites (tertiary alicyclic amines) is 1. The summed E-state index contributed by atoms with van der Waals surface area (Å²) in [6.45, 7) is 6.13. The smallest absolute Gasteiger partial charge is 0.323 e. The fraction of sp³-hybridized carbons (Fsp3) is 0.500. The topological polar surface area (TPSA) is 29.5 Å². The normalized spacial score (nSPS) is 32.9. The highest BCUT2D eigenvalue weighted by atomic mass is 16.5. The molecule has 3 nitrogen and oxygen atoms in total. The Hall–Kier alpha value is -1.61. The first-order valence-electron chi connectivity index (χ1n) is 7.70. The zero-order valence-electron chi connectivity index (χ0n) is 12.7. The summed E-state index contributed by atoms with van der Waals surface area (Å²) in [5.41, 5.74) is 1.26. The standard InChI is InChI=1S/C18H23NO2/c1-4-13-10-15-11-16(13)17(18(20)21-3)19(15)12(2)14-8-6-5-7-9-14/h4-9,12-13,15-17H,1,10-11H2,2-3H3/t12-,13-,15-,16-,17+/m0/s1. The molecule has 1 aliphatic heterocycles. The van der Waals surface area contributed by atoms with Crippen LogP contribution in [0, 0.1) is 11.8 Å². The fourth-order valence-electron chi connectivity index (χ4n) is 4.28. The molecule has 112 valence electrons. The second kappa shape index (κ2) is 5.64. The molecule has 0 spiro atoms. The number of benzene rings is 1. The van der Waals surface area contributed by atoms with E-state index in [0.29, 0.717) is 17.9 Å². The Morgan fingerprint density at radius 3 is 2.71 bits per heavy atom. The Balaban J connectivity index is 1.90. The van der Waals surface area contributed by atoms with Crippen LogP contribution in [0.25, 0.3) is 0 Å². The van der Waals surface area contributed by atoms with Crippen LogP contribution >= 0.6 is 0 Å². The second-order valence-electron chi connectivity index (χ2n) is 6.19. The van der Waals surface area contributed by atoms with Crippen molar-refractivity contribution in [3.05, 3.63) is 48.6 Å². The van der Waals surface area contributed by atoms with E-state index in [9.17, 15) is 4.79 Å². The van der Waals surface area contributed by atoms with Crippen LogP contribution in [0.5, 0.6) is 0 Å². The highest BCUT2D eigenvalue weighted by molar-refractivity contribution is 5.77. The van der Waals surface area contributed by atoms with Gasteiger partial charge in [0.2, 0.25) is 0 Å². The predicted octanol–water partition coefficient (Wildman–Crippen LogP) is 3.19. The SMILES string of the molecule is C=C[C@H]1C[C@H]2C[C@@H]1[C@H](C(=O)OC)N2[C@@H](C)c1ccccc1. The minimum Gasteiger partial charge on any atom is -0.468 e. The maximum atomic E-state index is 12.3. The molecule has 2 aliphatic rings. The molecule has 1 aromatic carbocycles. The Labute approximate surface area is 126 Å². The molecule has 1 heterocycles. The number of hydrogen-bond donors (Lipinski definition) is 0. The molecule has 1 aromatic rings. The van der Waals surface area contributed by atoms with Crippen molar-refractivity contribution in [1.29, 1.82) is 0 Å². The van der Waals surface area contributed by atoms with Crippen molar-refractivity contribution in [2.75, 3.05) is 7.11 Å². The Kier molecular flexibility index (Phi) is 3.85. The van der Waals surface area contributed by atoms with E-state index in [-0.39, 0.29) is 18.1 Å². The van der Waals surface area contributed by atoms with Crippen LogP contribution in [-0.2, 0) is 9.53 Å². The summed E-state index contributed by atoms with van der Waals surface area (Å²) >= 11 is 0. The third kappa shape index (κ3) is 2.30. The van der Waals surface area contributed by atoms with Gasteiger partial charge in [0.15, 0.2) is 0 Å². The third-order valence-corrected chi connectivity index (χ3v) is 5.26. The van der Waals surface area contributed by atoms with Gasteiger partial charge in [0.25, 0.3) is 0 Å². The minimum absolute atomic E-state index is 0.100. The first kappa shape index (κ1) is 14.3. The molecule has 2 bridgehead atoms. The lowest BCUT2D eigenvalue weighted by atomic mass is 9.86. The van der Waals surface area contributed by atoms with Crippen molar-refractivity contribution in [3.63, 3.8) is 0 Å². The Bertz CT molecular complexity index is 527. The number of hydrogen-bond acceptors (Lipinski definition) is 3. The van der Waals surface area contributed by atoms with Crippen molar-refractivity contribution in [1.82, 2.24) is 4.90 Å². The molecule has 0 radical (unpaired) electrons. The number of nitrogens with zero attached hydrogens (tertiary/aromatic N) is 1. The maximum Gasteiger partial charge on any atom is 0.323 e. The van der Waals surface area contributed by atoms with Crippen LogP contribution in [0.15, 0.2) is 43.0 Å². The summed E-state index contributed by atoms with van der Waals surface area (Å²) in [5, 5.41) is 0. The number of piperidine rings is 1. The van der Waals surface area contributed by atoms with Crippen LogP contribution < -0.4 is 0 Å². The average molecular weight is 285 g/mol. The van der Waals surface area contributed by atoms with Gasteiger partial charge in [-0.1, -0.05) is 36.4 Å². The number of ether oxygens (including phenoxy) is 1. The highest BCUT2D eigenvalue weighted by Gasteiger charge is 2.55. The van der Waals surface area contributed by atoms with Crippen LogP contribution in [0.4, 0.5) is 0 Å². The Morgan fingerprint density at radius 1 is 1.38 bits per heavy atom. The van der Waals surface area contributed by atoms with Gasteiger partial charge >= 0.3 is 5.97 Å². The molecule has 1 saturated heterocycles. The summed E-state index contributed by atoms with van der Waals surface area (Å²) in [6.07, 6.45) is 4.21. The number of carbonyl (C=O) groups is 1. The van der Waals surface area contributed by atoms with Crippen molar-refractivity contribution in [2.24, 2.45) is 11.8 Å². The van der Waals surface area contributed by atoms with Gasteiger partial charge in [0, 0.05) is 12.1 Å². The molecule has 0 N–H and O–H groups in total. The van der Waals surface area contributed by atoms with E-state index < -0.39 is 0 Å². The quantitative estimate of drug-likeness (QED) is 0.628. The zero-order chi connectivity index (χ0) is 15.0. The molecule has 0 unspecified atom stereocenters. The van der Waals surface area contributed by atoms with Gasteiger partial charge in [0.1, 0.15) is 6.04 Å². The van der Waals surface area contributed by atoms with Gasteiger partial charge in [-0.3, -0.25) is 9.69 Å². The van der Waals surface area contributed by atoms with Gasteiger partial charge in [-0.15, -0.1) is 6.58 Å². The fourth-order valence-corrected chi connectivity index (χ4v) is 4.28.